The Balaban J connectivity index is 2.37. The molecule has 0 heterocycles. The van der Waals surface area contributed by atoms with E-state index < -0.39 is 0 Å². The summed E-state index contributed by atoms with van der Waals surface area (Å²) >= 11 is 0. The van der Waals surface area contributed by atoms with E-state index in [-0.39, 0.29) is 5.41 Å². The molecule has 1 aliphatic carbocycles. The first-order chi connectivity index (χ1) is 11.4. The van der Waals surface area contributed by atoms with Gasteiger partial charge in [0, 0.05) is 11.0 Å². The summed E-state index contributed by atoms with van der Waals surface area (Å²) in [5.74, 6) is 1.14. The summed E-state index contributed by atoms with van der Waals surface area (Å²) in [4.78, 5) is 0. The first-order valence-corrected chi connectivity index (χ1v) is 8.73. The van der Waals surface area contributed by atoms with Crippen LogP contribution in [-0.4, -0.2) is 12.2 Å². The molecule has 2 heteroatoms. The highest BCUT2D eigenvalue weighted by Gasteiger charge is 2.31. The molecule has 0 radical (unpaired) electrons. The third kappa shape index (κ3) is 4.31. The van der Waals surface area contributed by atoms with Crippen LogP contribution >= 0.6 is 0 Å². The molecular weight excluding hydrogens is 296 g/mol. The summed E-state index contributed by atoms with van der Waals surface area (Å²) in [7, 11) is 1.66. The molecule has 0 amide bonds. The van der Waals surface area contributed by atoms with Gasteiger partial charge in [-0.15, -0.1) is 0 Å². The van der Waals surface area contributed by atoms with Crippen LogP contribution in [0.3, 0.4) is 0 Å². The third-order valence-electron chi connectivity index (χ3n) is 5.00. The van der Waals surface area contributed by atoms with Crippen LogP contribution in [0.2, 0.25) is 0 Å². The van der Waals surface area contributed by atoms with Gasteiger partial charge in [0.2, 0.25) is 0 Å². The van der Waals surface area contributed by atoms with Crippen molar-refractivity contribution in [1.29, 1.82) is 0 Å². The molecule has 0 fully saturated rings. The van der Waals surface area contributed by atoms with Gasteiger partial charge in [-0.3, -0.25) is 0 Å². The van der Waals surface area contributed by atoms with Crippen LogP contribution in [0, 0.1) is 5.41 Å². The van der Waals surface area contributed by atoms with Crippen molar-refractivity contribution in [1.82, 2.24) is 0 Å². The second-order valence-corrected chi connectivity index (χ2v) is 7.30. The van der Waals surface area contributed by atoms with Crippen molar-refractivity contribution in [3.8, 4) is 11.5 Å². The summed E-state index contributed by atoms with van der Waals surface area (Å²) in [6.45, 7) is 8.78. The number of phenols is 1. The monoisotopic (exact) mass is 326 g/mol. The SMILES string of the molecule is COc1ccc(O)c(CC2=C(C)CCCC2(C)C=CC=C(C)C)c1. The van der Waals surface area contributed by atoms with Crippen molar-refractivity contribution in [3.63, 3.8) is 0 Å². The standard InChI is InChI=1S/C22H30O2/c1-16(2)8-6-12-22(4)13-7-9-17(3)20(22)15-18-14-19(24-5)10-11-21(18)23/h6,8,10-12,14,23H,7,9,13,15H2,1-5H3. The molecule has 0 spiro atoms. The molecule has 0 aliphatic heterocycles. The van der Waals surface area contributed by atoms with E-state index in [1.807, 2.05) is 6.07 Å². The average molecular weight is 326 g/mol. The Hall–Kier alpha value is -1.96. The number of methoxy groups -OCH3 is 1. The van der Waals surface area contributed by atoms with Crippen LogP contribution in [-0.2, 0) is 6.42 Å². The van der Waals surface area contributed by atoms with Gasteiger partial charge in [-0.05, 0) is 64.7 Å². The van der Waals surface area contributed by atoms with Crippen molar-refractivity contribution >= 4 is 0 Å². The van der Waals surface area contributed by atoms with Crippen LogP contribution in [0.5, 0.6) is 11.5 Å². The lowest BCUT2D eigenvalue weighted by Crippen LogP contribution is -2.23. The van der Waals surface area contributed by atoms with E-state index >= 15 is 0 Å². The molecule has 1 aliphatic rings. The Kier molecular flexibility index (Phi) is 5.93. The fourth-order valence-electron chi connectivity index (χ4n) is 3.52. The molecule has 24 heavy (non-hydrogen) atoms. The second kappa shape index (κ2) is 7.74. The minimum absolute atomic E-state index is 0.0454. The lowest BCUT2D eigenvalue weighted by atomic mass is 9.69. The second-order valence-electron chi connectivity index (χ2n) is 7.30. The van der Waals surface area contributed by atoms with Gasteiger partial charge in [-0.2, -0.15) is 0 Å². The lowest BCUT2D eigenvalue weighted by molar-refractivity contribution is 0.401. The van der Waals surface area contributed by atoms with Crippen molar-refractivity contribution in [2.45, 2.75) is 53.4 Å². The fraction of sp³-hybridized carbons (Fsp3) is 0.455. The minimum Gasteiger partial charge on any atom is -0.508 e. The number of aromatic hydroxyl groups is 1. The van der Waals surface area contributed by atoms with E-state index in [1.165, 1.54) is 23.1 Å². The number of rotatable bonds is 5. The molecule has 2 rings (SSSR count). The van der Waals surface area contributed by atoms with Crippen LogP contribution in [0.25, 0.3) is 0 Å². The van der Waals surface area contributed by atoms with Gasteiger partial charge in [-0.1, -0.05) is 41.9 Å². The third-order valence-corrected chi connectivity index (χ3v) is 5.00. The summed E-state index contributed by atoms with van der Waals surface area (Å²) in [6.07, 6.45) is 11.0. The first-order valence-electron chi connectivity index (χ1n) is 8.73. The smallest absolute Gasteiger partial charge is 0.119 e. The molecule has 0 bridgehead atoms. The maximum atomic E-state index is 10.3. The minimum atomic E-state index is 0.0454. The molecule has 0 aromatic heterocycles. The maximum Gasteiger partial charge on any atom is 0.119 e. The Morgan fingerprint density at radius 3 is 2.75 bits per heavy atom. The van der Waals surface area contributed by atoms with E-state index in [0.29, 0.717) is 5.75 Å². The normalized spacial score (nSPS) is 21.2. The fourth-order valence-corrected chi connectivity index (χ4v) is 3.52. The largest absolute Gasteiger partial charge is 0.508 e. The topological polar surface area (TPSA) is 29.5 Å². The highest BCUT2D eigenvalue weighted by Crippen LogP contribution is 2.44. The zero-order valence-corrected chi connectivity index (χ0v) is 15.6. The zero-order chi connectivity index (χ0) is 17.7. The van der Waals surface area contributed by atoms with Crippen LogP contribution in [0.15, 0.2) is 53.1 Å². The predicted molar refractivity (Wildman–Crippen MR) is 102 cm³/mol. The van der Waals surface area contributed by atoms with E-state index in [1.54, 1.807) is 19.2 Å². The van der Waals surface area contributed by atoms with Gasteiger partial charge in [-0.25, -0.2) is 0 Å². The number of hydrogen-bond acceptors (Lipinski definition) is 2. The van der Waals surface area contributed by atoms with Gasteiger partial charge >= 0.3 is 0 Å². The van der Waals surface area contributed by atoms with E-state index in [4.69, 9.17) is 4.74 Å². The van der Waals surface area contributed by atoms with Crippen molar-refractivity contribution < 1.29 is 9.84 Å². The van der Waals surface area contributed by atoms with Gasteiger partial charge in [0.15, 0.2) is 0 Å². The predicted octanol–water partition coefficient (Wildman–Crippen LogP) is 5.97. The van der Waals surface area contributed by atoms with E-state index in [0.717, 1.165) is 30.6 Å². The molecule has 0 saturated carbocycles. The van der Waals surface area contributed by atoms with Gasteiger partial charge in [0.05, 0.1) is 7.11 Å². The quantitative estimate of drug-likeness (QED) is 0.533. The molecule has 0 saturated heterocycles. The summed E-state index contributed by atoms with van der Waals surface area (Å²) in [5, 5.41) is 10.3. The van der Waals surface area contributed by atoms with E-state index in [2.05, 4.69) is 45.9 Å². The molecule has 1 unspecified atom stereocenters. The number of phenolic OH excluding ortho intramolecular Hbond substituents is 1. The van der Waals surface area contributed by atoms with Crippen LogP contribution in [0.4, 0.5) is 0 Å². The number of benzene rings is 1. The number of hydrogen-bond donors (Lipinski definition) is 1. The van der Waals surface area contributed by atoms with E-state index in [9.17, 15) is 5.11 Å². The molecular formula is C22H30O2. The maximum absolute atomic E-state index is 10.3. The number of ether oxygens (including phenoxy) is 1. The molecule has 1 atom stereocenters. The Morgan fingerprint density at radius 2 is 2.08 bits per heavy atom. The number of allylic oxidation sites excluding steroid dienone is 6. The lowest BCUT2D eigenvalue weighted by Gasteiger charge is -2.36. The van der Waals surface area contributed by atoms with Gasteiger partial charge in [0.25, 0.3) is 0 Å². The van der Waals surface area contributed by atoms with Crippen molar-refractivity contribution in [3.05, 3.63) is 58.7 Å². The first kappa shape index (κ1) is 18.4. The summed E-state index contributed by atoms with van der Waals surface area (Å²) in [5.41, 5.74) is 5.17. The van der Waals surface area contributed by atoms with Gasteiger partial charge < -0.3 is 9.84 Å². The Morgan fingerprint density at radius 1 is 1.33 bits per heavy atom. The summed E-state index contributed by atoms with van der Waals surface area (Å²) < 4.78 is 5.32. The average Bonchev–Trinajstić information content (AvgIpc) is 2.52. The molecule has 1 aromatic carbocycles. The summed E-state index contributed by atoms with van der Waals surface area (Å²) in [6, 6.07) is 5.47. The van der Waals surface area contributed by atoms with Crippen LogP contribution < -0.4 is 4.74 Å². The molecule has 2 nitrogen and oxygen atoms in total. The van der Waals surface area contributed by atoms with Crippen molar-refractivity contribution in [2.24, 2.45) is 5.41 Å². The Bertz CT molecular complexity index is 675. The van der Waals surface area contributed by atoms with Crippen LogP contribution in [0.1, 0.15) is 52.5 Å². The molecule has 130 valence electrons. The van der Waals surface area contributed by atoms with Crippen molar-refractivity contribution in [2.75, 3.05) is 7.11 Å². The zero-order valence-electron chi connectivity index (χ0n) is 15.6. The van der Waals surface area contributed by atoms with Gasteiger partial charge in [0.1, 0.15) is 11.5 Å². The Labute approximate surface area is 146 Å². The molecule has 1 aromatic rings. The highest BCUT2D eigenvalue weighted by molar-refractivity contribution is 5.44. The highest BCUT2D eigenvalue weighted by atomic mass is 16.5. The molecule has 1 N–H and O–H groups in total.